The second-order valence-corrected chi connectivity index (χ2v) is 9.43. The molecule has 32 heavy (non-hydrogen) atoms. The fraction of sp³-hybridized carbons (Fsp3) is 0.500. The van der Waals surface area contributed by atoms with Gasteiger partial charge in [0, 0.05) is 56.7 Å². The number of pyridine rings is 1. The summed E-state index contributed by atoms with van der Waals surface area (Å²) in [6, 6.07) is 15.9. The van der Waals surface area contributed by atoms with Crippen LogP contribution in [0.1, 0.15) is 43.4 Å². The fourth-order valence-corrected chi connectivity index (χ4v) is 5.37. The van der Waals surface area contributed by atoms with Crippen LogP contribution >= 0.6 is 0 Å². The minimum atomic E-state index is -0.373. The molecule has 1 atom stereocenters. The van der Waals surface area contributed by atoms with E-state index in [2.05, 4.69) is 27.3 Å². The number of benzene rings is 1. The molecule has 3 fully saturated rings. The highest BCUT2D eigenvalue weighted by atomic mass is 16.2. The number of hydrogen-bond acceptors (Lipinski definition) is 4. The summed E-state index contributed by atoms with van der Waals surface area (Å²) in [7, 11) is 0. The average molecular weight is 433 g/mol. The number of amides is 2. The number of carbonyl (C=O) groups is 2. The zero-order valence-electron chi connectivity index (χ0n) is 18.6. The van der Waals surface area contributed by atoms with Crippen molar-refractivity contribution in [2.75, 3.05) is 19.6 Å². The lowest BCUT2D eigenvalue weighted by Gasteiger charge is -2.46. The van der Waals surface area contributed by atoms with Crippen LogP contribution in [0, 0.1) is 5.92 Å². The van der Waals surface area contributed by atoms with Gasteiger partial charge in [-0.05, 0) is 37.0 Å². The van der Waals surface area contributed by atoms with Crippen molar-refractivity contribution >= 4 is 11.8 Å². The van der Waals surface area contributed by atoms with Crippen LogP contribution in [0.4, 0.5) is 0 Å². The van der Waals surface area contributed by atoms with Crippen molar-refractivity contribution in [3.63, 3.8) is 0 Å². The summed E-state index contributed by atoms with van der Waals surface area (Å²) in [4.78, 5) is 34.8. The molecule has 0 radical (unpaired) electrons. The third-order valence-corrected chi connectivity index (χ3v) is 7.48. The van der Waals surface area contributed by atoms with Gasteiger partial charge in [0.2, 0.25) is 11.8 Å². The Morgan fingerprint density at radius 1 is 1.06 bits per heavy atom. The van der Waals surface area contributed by atoms with Crippen molar-refractivity contribution in [2.24, 2.45) is 5.92 Å². The van der Waals surface area contributed by atoms with E-state index in [4.69, 9.17) is 0 Å². The Morgan fingerprint density at radius 2 is 1.81 bits per heavy atom. The van der Waals surface area contributed by atoms with Crippen LogP contribution in [0.2, 0.25) is 0 Å². The highest BCUT2D eigenvalue weighted by Gasteiger charge is 2.51. The van der Waals surface area contributed by atoms with E-state index in [1.54, 1.807) is 6.20 Å². The normalized spacial score (nSPS) is 22.9. The van der Waals surface area contributed by atoms with Crippen LogP contribution in [0.25, 0.3) is 0 Å². The summed E-state index contributed by atoms with van der Waals surface area (Å²) in [5.74, 6) is 0.716. The third-order valence-electron chi connectivity index (χ3n) is 7.48. The molecule has 1 aromatic carbocycles. The van der Waals surface area contributed by atoms with Crippen LogP contribution in [-0.2, 0) is 22.4 Å². The fourth-order valence-electron chi connectivity index (χ4n) is 5.37. The van der Waals surface area contributed by atoms with Gasteiger partial charge in [0.25, 0.3) is 0 Å². The number of carbonyl (C=O) groups excluding carboxylic acids is 2. The molecular formula is C26H32N4O2. The Bertz CT molecular complexity index is 937. The van der Waals surface area contributed by atoms with Gasteiger partial charge in [-0.1, -0.05) is 42.8 Å². The highest BCUT2D eigenvalue weighted by Crippen LogP contribution is 2.35. The molecule has 5 rings (SSSR count). The molecule has 2 amide bonds. The summed E-state index contributed by atoms with van der Waals surface area (Å²) in [5.41, 5.74) is 1.79. The van der Waals surface area contributed by atoms with Gasteiger partial charge in [-0.3, -0.25) is 19.9 Å². The number of piperidine rings is 1. The molecule has 0 unspecified atom stereocenters. The van der Waals surface area contributed by atoms with Crippen molar-refractivity contribution < 1.29 is 9.59 Å². The number of aromatic nitrogens is 1. The first-order chi connectivity index (χ1) is 15.6. The zero-order valence-corrected chi connectivity index (χ0v) is 18.6. The zero-order chi connectivity index (χ0) is 22.0. The summed E-state index contributed by atoms with van der Waals surface area (Å²) in [5, 5.41) is 3.73. The molecule has 168 valence electrons. The summed E-state index contributed by atoms with van der Waals surface area (Å²) >= 11 is 0. The lowest BCUT2D eigenvalue weighted by Crippen LogP contribution is -2.60. The Morgan fingerprint density at radius 3 is 2.47 bits per heavy atom. The molecule has 3 aliphatic rings. The molecule has 3 heterocycles. The second-order valence-electron chi connectivity index (χ2n) is 9.43. The van der Waals surface area contributed by atoms with Gasteiger partial charge in [0.05, 0.1) is 11.7 Å². The molecule has 0 bridgehead atoms. The van der Waals surface area contributed by atoms with Crippen LogP contribution in [0.3, 0.4) is 0 Å². The van der Waals surface area contributed by atoms with Gasteiger partial charge in [-0.25, -0.2) is 0 Å². The molecule has 6 heteroatoms. The maximum Gasteiger partial charge on any atom is 0.241 e. The Hall–Kier alpha value is -2.73. The van der Waals surface area contributed by atoms with Crippen LogP contribution < -0.4 is 5.32 Å². The molecule has 6 nitrogen and oxygen atoms in total. The second kappa shape index (κ2) is 9.02. The average Bonchev–Trinajstić information content (AvgIpc) is 3.03. The van der Waals surface area contributed by atoms with Crippen molar-refractivity contribution in [2.45, 2.75) is 56.7 Å². The number of nitrogens with one attached hydrogen (secondary N) is 1. The van der Waals surface area contributed by atoms with E-state index in [1.165, 1.54) is 6.42 Å². The highest BCUT2D eigenvalue weighted by molar-refractivity contribution is 5.86. The molecule has 1 N–H and O–H groups in total. The Kier molecular flexibility index (Phi) is 5.96. The number of nitrogens with zero attached hydrogens (tertiary/aromatic N) is 3. The predicted molar refractivity (Wildman–Crippen MR) is 123 cm³/mol. The van der Waals surface area contributed by atoms with Gasteiger partial charge in [-0.15, -0.1) is 0 Å². The predicted octanol–water partition coefficient (Wildman–Crippen LogP) is 2.79. The van der Waals surface area contributed by atoms with E-state index in [0.717, 1.165) is 43.4 Å². The first-order valence-corrected chi connectivity index (χ1v) is 12.0. The minimum absolute atomic E-state index is 0.170. The topological polar surface area (TPSA) is 65.5 Å². The lowest BCUT2D eigenvalue weighted by molar-refractivity contribution is -0.142. The first kappa shape index (κ1) is 21.1. The van der Waals surface area contributed by atoms with Crippen LogP contribution in [0.15, 0.2) is 54.7 Å². The number of likely N-dealkylation sites (tertiary alicyclic amines) is 1. The van der Waals surface area contributed by atoms with E-state index in [0.29, 0.717) is 32.0 Å². The number of hydrogen-bond donors (Lipinski definition) is 1. The van der Waals surface area contributed by atoms with Gasteiger partial charge >= 0.3 is 0 Å². The Labute approximate surface area is 190 Å². The molecule has 1 saturated carbocycles. The minimum Gasteiger partial charge on any atom is -0.342 e. The summed E-state index contributed by atoms with van der Waals surface area (Å²) < 4.78 is 0. The maximum absolute atomic E-state index is 13.5. The van der Waals surface area contributed by atoms with Gasteiger partial charge in [0.15, 0.2) is 0 Å². The summed E-state index contributed by atoms with van der Waals surface area (Å²) in [6.45, 7) is 2.08. The Balaban J connectivity index is 1.31. The third kappa shape index (κ3) is 4.16. The van der Waals surface area contributed by atoms with Crippen molar-refractivity contribution in [3.8, 4) is 0 Å². The molecule has 1 aromatic heterocycles. The molecule has 2 saturated heterocycles. The monoisotopic (exact) mass is 432 g/mol. The van der Waals surface area contributed by atoms with Gasteiger partial charge in [0.1, 0.15) is 0 Å². The van der Waals surface area contributed by atoms with Crippen molar-refractivity contribution in [1.29, 1.82) is 0 Å². The van der Waals surface area contributed by atoms with E-state index in [9.17, 15) is 9.59 Å². The standard InChI is InChI=1S/C26H32N4O2/c31-24(21-9-6-10-21)29-17-13-26(14-18-29)28-23(19-20-7-2-1-3-8-20)25(32)30(26)16-12-22-11-4-5-15-27-22/h1-5,7-8,11,15,21,23,28H,6,9-10,12-14,16-19H2/t23-/m1/s1. The van der Waals surface area contributed by atoms with Crippen LogP contribution in [0.5, 0.6) is 0 Å². The molecule has 1 aliphatic carbocycles. The quantitative estimate of drug-likeness (QED) is 0.762. The van der Waals surface area contributed by atoms with E-state index in [-0.39, 0.29) is 23.5 Å². The first-order valence-electron chi connectivity index (χ1n) is 12.0. The molecule has 1 spiro atoms. The molecule has 2 aliphatic heterocycles. The van der Waals surface area contributed by atoms with Gasteiger partial charge < -0.3 is 9.80 Å². The van der Waals surface area contributed by atoms with Gasteiger partial charge in [-0.2, -0.15) is 0 Å². The largest absolute Gasteiger partial charge is 0.342 e. The van der Waals surface area contributed by atoms with Crippen LogP contribution in [-0.4, -0.2) is 57.9 Å². The smallest absolute Gasteiger partial charge is 0.241 e. The van der Waals surface area contributed by atoms with Crippen molar-refractivity contribution in [1.82, 2.24) is 20.1 Å². The van der Waals surface area contributed by atoms with Crippen molar-refractivity contribution in [3.05, 3.63) is 66.0 Å². The maximum atomic E-state index is 13.5. The molecule has 2 aromatic rings. The molecular weight excluding hydrogens is 400 g/mol. The van der Waals surface area contributed by atoms with E-state index in [1.807, 2.05) is 41.3 Å². The summed E-state index contributed by atoms with van der Waals surface area (Å²) in [6.07, 6.45) is 8.03. The number of rotatable bonds is 6. The van der Waals surface area contributed by atoms with E-state index < -0.39 is 0 Å². The van der Waals surface area contributed by atoms with E-state index >= 15 is 0 Å². The SMILES string of the molecule is O=C(C1CCC1)N1CCC2(CC1)N[C@H](Cc1ccccc1)C(=O)N2CCc1ccccn1. The lowest BCUT2D eigenvalue weighted by atomic mass is 9.83.